The maximum Gasteiger partial charge on any atom is 0.562 e. The zero-order valence-electron chi connectivity index (χ0n) is 10.5. The number of carbonyl (C=O) groups excluding carboxylic acids is 1. The van der Waals surface area contributed by atoms with Crippen molar-refractivity contribution in [1.29, 1.82) is 0 Å². The fraction of sp³-hybridized carbons (Fsp3) is 0. The molecule has 0 spiro atoms. The minimum absolute atomic E-state index is 0.813. The normalized spacial score (nSPS) is 10.8. The molecule has 100 valence electrons. The van der Waals surface area contributed by atoms with Gasteiger partial charge in [0.15, 0.2) is 0 Å². The Kier molecular flexibility index (Phi) is 5.04. The average Bonchev–Trinajstić information content (AvgIpc) is 2.49. The highest BCUT2D eigenvalue weighted by molar-refractivity contribution is 5.80. The number of benzene rings is 2. The standard InChI is InChI=1S/C15H12N2O3/c18-15(19-16-11-13-7-3-1-4-8-13)20-17-12-14-9-5-2-6-10-14/h1-12H. The van der Waals surface area contributed by atoms with E-state index in [0.717, 1.165) is 11.1 Å². The maximum atomic E-state index is 11.2. The maximum absolute atomic E-state index is 11.2. The number of hydrogen-bond acceptors (Lipinski definition) is 5. The second-order valence-corrected chi connectivity index (χ2v) is 3.72. The smallest absolute Gasteiger partial charge is 0.281 e. The molecule has 0 aromatic heterocycles. The molecule has 0 atom stereocenters. The molecule has 2 aromatic rings. The molecular weight excluding hydrogens is 256 g/mol. The lowest BCUT2D eigenvalue weighted by Crippen LogP contribution is -1.99. The summed E-state index contributed by atoms with van der Waals surface area (Å²) in [6, 6.07) is 18.5. The minimum atomic E-state index is -0.996. The molecule has 0 N–H and O–H groups in total. The van der Waals surface area contributed by atoms with Gasteiger partial charge < -0.3 is 0 Å². The lowest BCUT2D eigenvalue weighted by molar-refractivity contribution is 0.0606. The summed E-state index contributed by atoms with van der Waals surface area (Å²) in [5, 5.41) is 6.99. The molecule has 0 amide bonds. The first-order valence-electron chi connectivity index (χ1n) is 5.89. The molecule has 2 aromatic carbocycles. The van der Waals surface area contributed by atoms with E-state index in [1.54, 1.807) is 0 Å². The van der Waals surface area contributed by atoms with Crippen molar-refractivity contribution < 1.29 is 14.5 Å². The van der Waals surface area contributed by atoms with Crippen LogP contribution in [0, 0.1) is 0 Å². The second-order valence-electron chi connectivity index (χ2n) is 3.72. The van der Waals surface area contributed by atoms with Crippen molar-refractivity contribution in [3.8, 4) is 0 Å². The summed E-state index contributed by atoms with van der Waals surface area (Å²) >= 11 is 0. The van der Waals surface area contributed by atoms with Gasteiger partial charge in [-0.2, -0.15) is 4.79 Å². The van der Waals surface area contributed by atoms with E-state index < -0.39 is 6.16 Å². The van der Waals surface area contributed by atoms with Gasteiger partial charge in [-0.15, -0.1) is 0 Å². The molecule has 5 heteroatoms. The van der Waals surface area contributed by atoms with Gasteiger partial charge in [-0.25, -0.2) is 0 Å². The SMILES string of the molecule is O=C(ON=Cc1ccccc1)ON=Cc1ccccc1. The van der Waals surface area contributed by atoms with Crippen molar-refractivity contribution in [3.63, 3.8) is 0 Å². The van der Waals surface area contributed by atoms with Crippen LogP contribution in [0.2, 0.25) is 0 Å². The average molecular weight is 268 g/mol. The summed E-state index contributed by atoms with van der Waals surface area (Å²) in [7, 11) is 0. The summed E-state index contributed by atoms with van der Waals surface area (Å²) in [6.45, 7) is 0. The van der Waals surface area contributed by atoms with Crippen LogP contribution in [-0.4, -0.2) is 18.6 Å². The van der Waals surface area contributed by atoms with E-state index in [2.05, 4.69) is 20.0 Å². The van der Waals surface area contributed by atoms with E-state index in [1.807, 2.05) is 60.7 Å². The Bertz CT molecular complexity index is 542. The quantitative estimate of drug-likeness (QED) is 0.486. The Morgan fingerprint density at radius 2 is 1.15 bits per heavy atom. The number of carbonyl (C=O) groups is 1. The summed E-state index contributed by atoms with van der Waals surface area (Å²) in [4.78, 5) is 20.1. The third-order valence-corrected chi connectivity index (χ3v) is 2.26. The van der Waals surface area contributed by atoms with Crippen molar-refractivity contribution in [2.24, 2.45) is 10.3 Å². The minimum Gasteiger partial charge on any atom is -0.281 e. The van der Waals surface area contributed by atoms with Crippen LogP contribution < -0.4 is 0 Å². The first-order chi connectivity index (χ1) is 9.84. The first-order valence-corrected chi connectivity index (χ1v) is 5.89. The molecule has 0 saturated carbocycles. The largest absolute Gasteiger partial charge is 0.562 e. The van der Waals surface area contributed by atoms with Gasteiger partial charge in [0.2, 0.25) is 0 Å². The summed E-state index contributed by atoms with van der Waals surface area (Å²) in [6.07, 6.45) is 1.81. The van der Waals surface area contributed by atoms with Crippen LogP contribution in [0.25, 0.3) is 0 Å². The van der Waals surface area contributed by atoms with E-state index in [9.17, 15) is 4.79 Å². The van der Waals surface area contributed by atoms with Crippen LogP contribution in [0.15, 0.2) is 71.0 Å². The van der Waals surface area contributed by atoms with Gasteiger partial charge >= 0.3 is 6.16 Å². The highest BCUT2D eigenvalue weighted by Crippen LogP contribution is 1.96. The summed E-state index contributed by atoms with van der Waals surface area (Å²) in [5.41, 5.74) is 1.63. The van der Waals surface area contributed by atoms with Crippen LogP contribution in [0.3, 0.4) is 0 Å². The van der Waals surface area contributed by atoms with Crippen molar-refractivity contribution in [2.75, 3.05) is 0 Å². The molecule has 0 heterocycles. The number of rotatable bonds is 4. The Morgan fingerprint density at radius 1 is 0.750 bits per heavy atom. The fourth-order valence-electron chi connectivity index (χ4n) is 1.36. The molecule has 20 heavy (non-hydrogen) atoms. The van der Waals surface area contributed by atoms with E-state index in [0.29, 0.717) is 0 Å². The molecule has 0 unspecified atom stereocenters. The van der Waals surface area contributed by atoms with Crippen LogP contribution in [0.5, 0.6) is 0 Å². The molecule has 0 fully saturated rings. The monoisotopic (exact) mass is 268 g/mol. The van der Waals surface area contributed by atoms with Crippen molar-refractivity contribution in [3.05, 3.63) is 71.8 Å². The molecule has 0 aliphatic rings. The zero-order chi connectivity index (χ0) is 14.0. The Hall–Kier alpha value is -2.95. The number of oxime groups is 2. The second kappa shape index (κ2) is 7.48. The highest BCUT2D eigenvalue weighted by Gasteiger charge is 2.01. The molecule has 5 nitrogen and oxygen atoms in total. The van der Waals surface area contributed by atoms with Crippen LogP contribution in [0.1, 0.15) is 11.1 Å². The summed E-state index contributed by atoms with van der Waals surface area (Å²) in [5.74, 6) is 0. The molecule has 0 bridgehead atoms. The van der Waals surface area contributed by atoms with Gasteiger partial charge in [0, 0.05) is 0 Å². The van der Waals surface area contributed by atoms with E-state index in [1.165, 1.54) is 12.4 Å². The molecule has 2 rings (SSSR count). The lowest BCUT2D eigenvalue weighted by Gasteiger charge is -1.94. The van der Waals surface area contributed by atoms with Crippen molar-refractivity contribution >= 4 is 18.6 Å². The lowest BCUT2D eigenvalue weighted by atomic mass is 10.2. The van der Waals surface area contributed by atoms with Crippen LogP contribution in [0.4, 0.5) is 4.79 Å². The van der Waals surface area contributed by atoms with Gasteiger partial charge in [0.05, 0.1) is 12.4 Å². The van der Waals surface area contributed by atoms with Crippen LogP contribution >= 0.6 is 0 Å². The fourth-order valence-corrected chi connectivity index (χ4v) is 1.36. The van der Waals surface area contributed by atoms with E-state index in [-0.39, 0.29) is 0 Å². The van der Waals surface area contributed by atoms with Gasteiger partial charge in [-0.05, 0) is 11.1 Å². The Morgan fingerprint density at radius 3 is 1.55 bits per heavy atom. The topological polar surface area (TPSA) is 60.2 Å². The Labute approximate surface area is 116 Å². The molecule has 0 saturated heterocycles. The molecule has 0 aliphatic carbocycles. The number of hydrogen-bond donors (Lipinski definition) is 0. The first kappa shape index (κ1) is 13.5. The van der Waals surface area contributed by atoms with Gasteiger partial charge in [-0.1, -0.05) is 71.0 Å². The van der Waals surface area contributed by atoms with Crippen LogP contribution in [-0.2, 0) is 9.68 Å². The number of nitrogens with zero attached hydrogens (tertiary/aromatic N) is 2. The molecule has 0 aliphatic heterocycles. The van der Waals surface area contributed by atoms with E-state index >= 15 is 0 Å². The third kappa shape index (κ3) is 4.73. The highest BCUT2D eigenvalue weighted by atomic mass is 16.8. The van der Waals surface area contributed by atoms with Crippen molar-refractivity contribution in [2.45, 2.75) is 0 Å². The predicted molar refractivity (Wildman–Crippen MR) is 75.6 cm³/mol. The van der Waals surface area contributed by atoms with Gasteiger partial charge in [0.25, 0.3) is 0 Å². The zero-order valence-corrected chi connectivity index (χ0v) is 10.5. The molecular formula is C15H12N2O3. The summed E-state index contributed by atoms with van der Waals surface area (Å²) < 4.78 is 0. The molecule has 0 radical (unpaired) electrons. The van der Waals surface area contributed by atoms with Crippen molar-refractivity contribution in [1.82, 2.24) is 0 Å². The third-order valence-electron chi connectivity index (χ3n) is 2.26. The predicted octanol–water partition coefficient (Wildman–Crippen LogP) is 3.21. The van der Waals surface area contributed by atoms with Gasteiger partial charge in [0.1, 0.15) is 0 Å². The van der Waals surface area contributed by atoms with Gasteiger partial charge in [-0.3, -0.25) is 9.68 Å². The Balaban J connectivity index is 1.76. The van der Waals surface area contributed by atoms with E-state index in [4.69, 9.17) is 0 Å².